The quantitative estimate of drug-likeness (QED) is 0.113. The van der Waals surface area contributed by atoms with E-state index in [4.69, 9.17) is 27.9 Å². The minimum atomic E-state index is -0.784. The number of hydrogen-bond acceptors (Lipinski definition) is 10. The molecule has 1 aromatic heterocycles. The van der Waals surface area contributed by atoms with Crippen molar-refractivity contribution in [2.75, 3.05) is 42.7 Å². The molecule has 0 spiro atoms. The van der Waals surface area contributed by atoms with Gasteiger partial charge in [-0.15, -0.1) is 0 Å². The molecule has 0 bridgehead atoms. The van der Waals surface area contributed by atoms with Gasteiger partial charge in [0.1, 0.15) is 6.04 Å². The fraction of sp³-hybridized carbons (Fsp3) is 0.314. The summed E-state index contributed by atoms with van der Waals surface area (Å²) in [5, 5.41) is 10.4. The van der Waals surface area contributed by atoms with Crippen LogP contribution in [0.5, 0.6) is 0 Å². The number of fused-ring (bicyclic) bond motifs is 1. The van der Waals surface area contributed by atoms with Crippen LogP contribution >= 0.6 is 11.6 Å². The lowest BCUT2D eigenvalue weighted by atomic mass is 10.1. The molecule has 12 heteroatoms. The van der Waals surface area contributed by atoms with E-state index in [0.717, 1.165) is 47.8 Å². The fourth-order valence-electron chi connectivity index (χ4n) is 5.76. The molecule has 1 atom stereocenters. The molecule has 3 heterocycles. The summed E-state index contributed by atoms with van der Waals surface area (Å²) in [6, 6.07) is 20.3. The Morgan fingerprint density at radius 3 is 2.55 bits per heavy atom. The molecule has 0 saturated carbocycles. The highest BCUT2D eigenvalue weighted by atomic mass is 35.5. The molecule has 3 N–H and O–H groups in total. The number of halogens is 1. The predicted molar refractivity (Wildman–Crippen MR) is 185 cm³/mol. The Morgan fingerprint density at radius 1 is 0.979 bits per heavy atom. The number of nitrogens with one attached hydrogen (secondary N) is 3. The number of benzene rings is 3. The summed E-state index contributed by atoms with van der Waals surface area (Å²) in [6.07, 6.45) is 4.77. The largest absolute Gasteiger partial charge is 0.467 e. The number of methoxy groups -OCH3 is 1. The van der Waals surface area contributed by atoms with E-state index in [2.05, 4.69) is 52.8 Å². The van der Waals surface area contributed by atoms with Crippen LogP contribution in [-0.4, -0.2) is 64.3 Å². The SMILES string of the molecule is [C-]#[N+]c1ccc(C[C@H](Nc2nc(NCC3=Nc4cc(Cl)ccc4C3)nc(Nc3cccc(CN4CCCCC4)c3)n2)C(=O)OC)cc1. The Morgan fingerprint density at radius 2 is 1.77 bits per heavy atom. The molecule has 0 aliphatic carbocycles. The maximum absolute atomic E-state index is 12.9. The van der Waals surface area contributed by atoms with E-state index in [9.17, 15) is 4.79 Å². The van der Waals surface area contributed by atoms with Gasteiger partial charge in [0.15, 0.2) is 5.69 Å². The normalized spacial score (nSPS) is 14.8. The third-order valence-corrected chi connectivity index (χ3v) is 8.37. The van der Waals surface area contributed by atoms with E-state index in [1.807, 2.05) is 42.5 Å². The highest BCUT2D eigenvalue weighted by Crippen LogP contribution is 2.30. The first kappa shape index (κ1) is 31.9. The zero-order valence-electron chi connectivity index (χ0n) is 26.2. The Kier molecular flexibility index (Phi) is 10.2. The van der Waals surface area contributed by atoms with Crippen molar-refractivity contribution in [2.45, 2.75) is 44.7 Å². The van der Waals surface area contributed by atoms with Crippen molar-refractivity contribution < 1.29 is 9.53 Å². The number of likely N-dealkylation sites (tertiary alicyclic amines) is 1. The smallest absolute Gasteiger partial charge is 0.328 e. The number of anilines is 4. The lowest BCUT2D eigenvalue weighted by molar-refractivity contribution is -0.141. The number of aromatic nitrogens is 3. The van der Waals surface area contributed by atoms with Gasteiger partial charge in [0.25, 0.3) is 0 Å². The Hall–Kier alpha value is -5.05. The Balaban J connectivity index is 1.23. The van der Waals surface area contributed by atoms with Gasteiger partial charge in [-0.25, -0.2) is 9.64 Å². The molecule has 1 saturated heterocycles. The van der Waals surface area contributed by atoms with Crippen molar-refractivity contribution in [3.05, 3.63) is 99.9 Å². The van der Waals surface area contributed by atoms with E-state index >= 15 is 0 Å². The van der Waals surface area contributed by atoms with E-state index < -0.39 is 12.0 Å². The lowest BCUT2D eigenvalue weighted by Gasteiger charge is -2.26. The van der Waals surface area contributed by atoms with E-state index in [0.29, 0.717) is 42.0 Å². The second-order valence-electron chi connectivity index (χ2n) is 11.7. The molecule has 2 aliphatic rings. The van der Waals surface area contributed by atoms with Crippen LogP contribution in [-0.2, 0) is 28.9 Å². The molecule has 240 valence electrons. The van der Waals surface area contributed by atoms with Crippen LogP contribution in [0.4, 0.5) is 34.9 Å². The summed E-state index contributed by atoms with van der Waals surface area (Å²) in [6.45, 7) is 10.7. The molecule has 0 amide bonds. The van der Waals surface area contributed by atoms with Crippen molar-refractivity contribution in [1.82, 2.24) is 19.9 Å². The highest BCUT2D eigenvalue weighted by molar-refractivity contribution is 6.31. The van der Waals surface area contributed by atoms with Crippen LogP contribution in [0.3, 0.4) is 0 Å². The average molecular weight is 650 g/mol. The molecule has 1 fully saturated rings. The average Bonchev–Trinajstić information content (AvgIpc) is 3.49. The molecule has 0 unspecified atom stereocenters. The molecule has 3 aromatic carbocycles. The summed E-state index contributed by atoms with van der Waals surface area (Å²) in [4.78, 5) is 37.4. The summed E-state index contributed by atoms with van der Waals surface area (Å²) >= 11 is 6.17. The molecule has 2 aliphatic heterocycles. The first-order valence-corrected chi connectivity index (χ1v) is 16.1. The number of rotatable bonds is 12. The predicted octanol–water partition coefficient (Wildman–Crippen LogP) is 6.74. The Bertz CT molecular complexity index is 1800. The van der Waals surface area contributed by atoms with Crippen LogP contribution in [0.25, 0.3) is 4.85 Å². The number of aliphatic imine (C=N–C) groups is 1. The molecular formula is C35H36ClN9O2. The van der Waals surface area contributed by atoms with Gasteiger partial charge in [0.2, 0.25) is 17.8 Å². The summed E-state index contributed by atoms with van der Waals surface area (Å²) in [5.74, 6) is 0.363. The highest BCUT2D eigenvalue weighted by Gasteiger charge is 2.22. The van der Waals surface area contributed by atoms with Crippen LogP contribution in [0.1, 0.15) is 36.0 Å². The first-order valence-electron chi connectivity index (χ1n) is 15.7. The van der Waals surface area contributed by atoms with Gasteiger partial charge in [-0.1, -0.05) is 60.5 Å². The molecule has 0 radical (unpaired) electrons. The summed E-state index contributed by atoms with van der Waals surface area (Å²) in [7, 11) is 1.34. The Labute approximate surface area is 279 Å². The van der Waals surface area contributed by atoms with Gasteiger partial charge in [-0.3, -0.25) is 9.89 Å². The zero-order chi connectivity index (χ0) is 32.6. The van der Waals surface area contributed by atoms with E-state index in [-0.39, 0.29) is 5.95 Å². The second kappa shape index (κ2) is 15.0. The molecule has 4 aromatic rings. The van der Waals surface area contributed by atoms with Gasteiger partial charge < -0.3 is 20.7 Å². The third kappa shape index (κ3) is 8.61. The summed E-state index contributed by atoms with van der Waals surface area (Å²) in [5.41, 5.74) is 6.34. The van der Waals surface area contributed by atoms with Crippen LogP contribution in [0.15, 0.2) is 71.7 Å². The number of piperidine rings is 1. The molecule has 47 heavy (non-hydrogen) atoms. The maximum atomic E-state index is 12.9. The van der Waals surface area contributed by atoms with Crippen molar-refractivity contribution in [3.8, 4) is 0 Å². The van der Waals surface area contributed by atoms with Gasteiger partial charge in [0.05, 0.1) is 25.9 Å². The number of ether oxygens (including phenoxy) is 1. The topological polar surface area (TPSA) is 121 Å². The standard InChI is InChI=1S/C35H36ClN9O2/c1-37-27-13-9-23(10-14-27)18-31(32(46)47-2)41-35-43-33(38-21-29-19-25-11-12-26(36)20-30(25)39-29)42-34(44-35)40-28-8-6-7-24(17-28)22-45-15-4-3-5-16-45/h6-14,17,20,31H,3-5,15-16,18-19,21-22H2,2H3,(H3,38,40,41,42,43,44)/t31-/m0/s1. The van der Waals surface area contributed by atoms with Crippen molar-refractivity contribution >= 4 is 58.2 Å². The monoisotopic (exact) mass is 649 g/mol. The number of carbonyl (C=O) groups excluding carboxylic acids is 1. The van der Waals surface area contributed by atoms with Crippen molar-refractivity contribution in [2.24, 2.45) is 4.99 Å². The van der Waals surface area contributed by atoms with Gasteiger partial charge in [0, 0.05) is 35.8 Å². The summed E-state index contributed by atoms with van der Waals surface area (Å²) < 4.78 is 5.11. The van der Waals surface area contributed by atoms with E-state index in [1.54, 1.807) is 12.1 Å². The zero-order valence-corrected chi connectivity index (χ0v) is 26.9. The van der Waals surface area contributed by atoms with Gasteiger partial charge in [-0.2, -0.15) is 15.0 Å². The molecular weight excluding hydrogens is 614 g/mol. The number of nitrogens with zero attached hydrogens (tertiary/aromatic N) is 6. The fourth-order valence-corrected chi connectivity index (χ4v) is 5.93. The van der Waals surface area contributed by atoms with E-state index in [1.165, 1.54) is 31.9 Å². The van der Waals surface area contributed by atoms with Crippen LogP contribution < -0.4 is 16.0 Å². The number of esters is 1. The van der Waals surface area contributed by atoms with Crippen molar-refractivity contribution in [1.29, 1.82) is 0 Å². The molecule has 6 rings (SSSR count). The maximum Gasteiger partial charge on any atom is 0.328 e. The number of hydrogen-bond donors (Lipinski definition) is 3. The minimum absolute atomic E-state index is 0.200. The lowest BCUT2D eigenvalue weighted by Crippen LogP contribution is -2.34. The number of carbonyl (C=O) groups is 1. The first-order chi connectivity index (χ1) is 22.9. The van der Waals surface area contributed by atoms with Gasteiger partial charge >= 0.3 is 5.97 Å². The molecule has 11 nitrogen and oxygen atoms in total. The van der Waals surface area contributed by atoms with Crippen molar-refractivity contribution in [3.63, 3.8) is 0 Å². The second-order valence-corrected chi connectivity index (χ2v) is 12.1. The minimum Gasteiger partial charge on any atom is -0.467 e. The van der Waals surface area contributed by atoms with Crippen LogP contribution in [0, 0.1) is 6.57 Å². The van der Waals surface area contributed by atoms with Crippen LogP contribution in [0.2, 0.25) is 5.02 Å². The van der Waals surface area contributed by atoms with Gasteiger partial charge in [-0.05, 0) is 66.9 Å². The third-order valence-electron chi connectivity index (χ3n) is 8.14.